The lowest BCUT2D eigenvalue weighted by Gasteiger charge is -2.14. The summed E-state index contributed by atoms with van der Waals surface area (Å²) >= 11 is 0. The minimum atomic E-state index is -3.74. The number of fused-ring (bicyclic) bond motifs is 4. The van der Waals surface area contributed by atoms with E-state index in [4.69, 9.17) is 4.98 Å². The van der Waals surface area contributed by atoms with Crippen LogP contribution in [0.2, 0.25) is 0 Å². The number of hydrogen-bond acceptors (Lipinski definition) is 4. The summed E-state index contributed by atoms with van der Waals surface area (Å²) in [5.74, 6) is 0. The Bertz CT molecular complexity index is 1300. The van der Waals surface area contributed by atoms with Crippen molar-refractivity contribution in [3.63, 3.8) is 0 Å². The number of hydrogen-bond donors (Lipinski definition) is 0. The molecule has 7 heteroatoms. The molecule has 2 heterocycles. The van der Waals surface area contributed by atoms with Gasteiger partial charge in [0.25, 0.3) is 0 Å². The molecule has 0 bridgehead atoms. The first-order valence-corrected chi connectivity index (χ1v) is 9.72. The molecule has 0 spiro atoms. The Morgan fingerprint density at radius 1 is 0.923 bits per heavy atom. The second-order valence-electron chi connectivity index (χ2n) is 6.90. The molecule has 4 rings (SSSR count). The average Bonchev–Trinajstić information content (AvgIpc) is 2.87. The van der Waals surface area contributed by atoms with Crippen LogP contribution >= 0.6 is 0 Å². The third-order valence-electron chi connectivity index (χ3n) is 4.77. The van der Waals surface area contributed by atoms with E-state index >= 15 is 0 Å². The predicted octanol–water partition coefficient (Wildman–Crippen LogP) is 3.32. The molecule has 0 N–H and O–H groups in total. The number of aromatic nitrogens is 3. The Balaban J connectivity index is 2.27. The Labute approximate surface area is 152 Å². The summed E-state index contributed by atoms with van der Waals surface area (Å²) < 4.78 is 28.5. The van der Waals surface area contributed by atoms with Crippen molar-refractivity contribution in [3.8, 4) is 0 Å². The van der Waals surface area contributed by atoms with E-state index in [9.17, 15) is 8.42 Å². The smallest absolute Gasteiger partial charge is 0.242 e. The lowest BCUT2D eigenvalue weighted by atomic mass is 10.1. The topological polar surface area (TPSA) is 68.1 Å². The van der Waals surface area contributed by atoms with Crippen molar-refractivity contribution >= 4 is 43.3 Å². The molecule has 0 aliphatic carbocycles. The van der Waals surface area contributed by atoms with Gasteiger partial charge in [-0.3, -0.25) is 0 Å². The zero-order chi connectivity index (χ0) is 18.8. The number of rotatable bonds is 2. The normalized spacial score (nSPS) is 12.7. The SMILES string of the molecule is Cc1ccc2c(c1)c1nc3cc(C)c(C)cc3nc1n2S(=O)(=O)N(C)C. The lowest BCUT2D eigenvalue weighted by molar-refractivity contribution is 0.514. The zero-order valence-electron chi connectivity index (χ0n) is 15.4. The Morgan fingerprint density at radius 2 is 1.54 bits per heavy atom. The van der Waals surface area contributed by atoms with E-state index in [0.717, 1.165) is 27.6 Å². The molecule has 134 valence electrons. The highest BCUT2D eigenvalue weighted by Crippen LogP contribution is 2.31. The Hall–Kier alpha value is -2.51. The van der Waals surface area contributed by atoms with Gasteiger partial charge in [0.1, 0.15) is 5.52 Å². The van der Waals surface area contributed by atoms with Gasteiger partial charge in [-0.15, -0.1) is 0 Å². The maximum absolute atomic E-state index is 13.0. The molecule has 26 heavy (non-hydrogen) atoms. The van der Waals surface area contributed by atoms with E-state index in [-0.39, 0.29) is 0 Å². The molecule has 2 aromatic heterocycles. The summed E-state index contributed by atoms with van der Waals surface area (Å²) in [6, 6.07) is 9.62. The minimum absolute atomic E-state index is 0.357. The van der Waals surface area contributed by atoms with Gasteiger partial charge in [-0.2, -0.15) is 12.7 Å². The van der Waals surface area contributed by atoms with E-state index in [1.807, 2.05) is 51.1 Å². The first kappa shape index (κ1) is 16.9. The van der Waals surface area contributed by atoms with Crippen molar-refractivity contribution in [2.45, 2.75) is 20.8 Å². The van der Waals surface area contributed by atoms with E-state index in [1.165, 1.54) is 22.4 Å². The molecule has 0 aliphatic rings. The first-order chi connectivity index (χ1) is 12.2. The number of aryl methyl sites for hydroxylation is 3. The molecule has 0 saturated heterocycles. The highest BCUT2D eigenvalue weighted by molar-refractivity contribution is 7.87. The average molecular weight is 368 g/mol. The maximum Gasteiger partial charge on any atom is 0.309 e. The fourth-order valence-electron chi connectivity index (χ4n) is 3.15. The fraction of sp³-hybridized carbons (Fsp3) is 0.263. The van der Waals surface area contributed by atoms with Gasteiger partial charge in [-0.25, -0.2) is 13.9 Å². The second-order valence-corrected chi connectivity index (χ2v) is 8.89. The van der Waals surface area contributed by atoms with Gasteiger partial charge in [-0.05, 0) is 56.2 Å². The zero-order valence-corrected chi connectivity index (χ0v) is 16.2. The second kappa shape index (κ2) is 5.49. The molecule has 0 saturated carbocycles. The number of nitrogens with zero attached hydrogens (tertiary/aromatic N) is 4. The van der Waals surface area contributed by atoms with Gasteiger partial charge < -0.3 is 0 Å². The fourth-order valence-corrected chi connectivity index (χ4v) is 4.23. The van der Waals surface area contributed by atoms with E-state index < -0.39 is 10.2 Å². The van der Waals surface area contributed by atoms with Crippen molar-refractivity contribution in [1.82, 2.24) is 18.2 Å². The van der Waals surface area contributed by atoms with Gasteiger partial charge in [-0.1, -0.05) is 11.6 Å². The van der Waals surface area contributed by atoms with Crippen molar-refractivity contribution < 1.29 is 8.42 Å². The first-order valence-electron chi connectivity index (χ1n) is 8.33. The molecular formula is C19H20N4O2S. The Morgan fingerprint density at radius 3 is 2.15 bits per heavy atom. The van der Waals surface area contributed by atoms with Crippen LogP contribution in [0.15, 0.2) is 30.3 Å². The minimum Gasteiger partial charge on any atom is -0.242 e. The summed E-state index contributed by atoms with van der Waals surface area (Å²) in [4.78, 5) is 9.47. The van der Waals surface area contributed by atoms with E-state index in [2.05, 4.69) is 4.98 Å². The van der Waals surface area contributed by atoms with Crippen LogP contribution in [0.25, 0.3) is 33.1 Å². The molecular weight excluding hydrogens is 348 g/mol. The van der Waals surface area contributed by atoms with E-state index in [1.54, 1.807) is 0 Å². The molecule has 0 atom stereocenters. The third kappa shape index (κ3) is 2.31. The van der Waals surface area contributed by atoms with Crippen LogP contribution in [0, 0.1) is 20.8 Å². The maximum atomic E-state index is 13.0. The molecule has 0 aliphatic heterocycles. The quantitative estimate of drug-likeness (QED) is 0.544. The Kier molecular flexibility index (Phi) is 3.58. The van der Waals surface area contributed by atoms with Crippen molar-refractivity contribution in [1.29, 1.82) is 0 Å². The van der Waals surface area contributed by atoms with Crippen LogP contribution in [0.5, 0.6) is 0 Å². The molecule has 2 aromatic carbocycles. The largest absolute Gasteiger partial charge is 0.309 e. The molecule has 0 amide bonds. The lowest BCUT2D eigenvalue weighted by Crippen LogP contribution is -2.28. The van der Waals surface area contributed by atoms with Crippen LogP contribution in [-0.4, -0.2) is 40.8 Å². The molecule has 0 radical (unpaired) electrons. The summed E-state index contributed by atoms with van der Waals surface area (Å²) in [6.07, 6.45) is 0. The van der Waals surface area contributed by atoms with Crippen molar-refractivity contribution in [2.75, 3.05) is 14.1 Å². The van der Waals surface area contributed by atoms with E-state index in [0.29, 0.717) is 22.2 Å². The van der Waals surface area contributed by atoms with Gasteiger partial charge in [0.05, 0.1) is 16.6 Å². The summed E-state index contributed by atoms with van der Waals surface area (Å²) in [6.45, 7) is 6.02. The highest BCUT2D eigenvalue weighted by atomic mass is 32.2. The van der Waals surface area contributed by atoms with Gasteiger partial charge in [0, 0.05) is 19.5 Å². The van der Waals surface area contributed by atoms with Crippen molar-refractivity contribution in [3.05, 3.63) is 47.0 Å². The predicted molar refractivity (Wildman–Crippen MR) is 105 cm³/mol. The standard InChI is InChI=1S/C19H20N4O2S/c1-11-6-7-17-14(8-11)18-19(23(17)26(24,25)22(4)5)21-16-10-13(3)12(2)9-15(16)20-18/h6-10H,1-5H3. The summed E-state index contributed by atoms with van der Waals surface area (Å²) in [5.41, 5.74) is 6.27. The monoisotopic (exact) mass is 368 g/mol. The summed E-state index contributed by atoms with van der Waals surface area (Å²) in [7, 11) is -0.705. The van der Waals surface area contributed by atoms with Gasteiger partial charge in [0.15, 0.2) is 5.65 Å². The van der Waals surface area contributed by atoms with Crippen molar-refractivity contribution in [2.24, 2.45) is 0 Å². The van der Waals surface area contributed by atoms with Crippen LogP contribution in [-0.2, 0) is 10.2 Å². The van der Waals surface area contributed by atoms with Crippen LogP contribution < -0.4 is 0 Å². The number of benzene rings is 2. The highest BCUT2D eigenvalue weighted by Gasteiger charge is 2.25. The molecule has 0 fully saturated rings. The van der Waals surface area contributed by atoms with Crippen LogP contribution in [0.3, 0.4) is 0 Å². The van der Waals surface area contributed by atoms with Gasteiger partial charge >= 0.3 is 10.2 Å². The molecule has 4 aromatic rings. The van der Waals surface area contributed by atoms with Crippen LogP contribution in [0.4, 0.5) is 0 Å². The van der Waals surface area contributed by atoms with Crippen LogP contribution in [0.1, 0.15) is 16.7 Å². The molecule has 6 nitrogen and oxygen atoms in total. The molecule has 0 unspecified atom stereocenters. The van der Waals surface area contributed by atoms with Gasteiger partial charge in [0.2, 0.25) is 0 Å². The third-order valence-corrected chi connectivity index (χ3v) is 6.53. The summed E-state index contributed by atoms with van der Waals surface area (Å²) in [5, 5.41) is 0.790.